The van der Waals surface area contributed by atoms with Gasteiger partial charge in [0.05, 0.1) is 24.6 Å². The quantitative estimate of drug-likeness (QED) is 0.919. The van der Waals surface area contributed by atoms with Crippen LogP contribution in [0.4, 0.5) is 0 Å². The van der Waals surface area contributed by atoms with Crippen LogP contribution >= 0.6 is 0 Å². The number of likely N-dealkylation sites (tertiary alicyclic amines) is 1. The second-order valence-corrected chi connectivity index (χ2v) is 6.98. The van der Waals surface area contributed by atoms with E-state index in [-0.39, 0.29) is 30.3 Å². The van der Waals surface area contributed by atoms with Gasteiger partial charge in [-0.1, -0.05) is 24.3 Å². The lowest BCUT2D eigenvalue weighted by atomic mass is 9.92. The zero-order valence-electron chi connectivity index (χ0n) is 14.9. The normalized spacial score (nSPS) is 24.0. The maximum Gasteiger partial charge on any atom is 0.225 e. The van der Waals surface area contributed by atoms with Crippen molar-refractivity contribution in [2.24, 2.45) is 0 Å². The van der Waals surface area contributed by atoms with E-state index in [4.69, 9.17) is 0 Å². The second kappa shape index (κ2) is 7.40. The van der Waals surface area contributed by atoms with Crippen molar-refractivity contribution in [1.29, 1.82) is 0 Å². The van der Waals surface area contributed by atoms with E-state index in [1.54, 1.807) is 18.0 Å². The molecule has 2 heterocycles. The molecule has 0 bridgehead atoms. The van der Waals surface area contributed by atoms with Crippen molar-refractivity contribution < 1.29 is 14.7 Å². The Morgan fingerprint density at radius 1 is 1.28 bits per heavy atom. The van der Waals surface area contributed by atoms with Gasteiger partial charge in [0.15, 0.2) is 0 Å². The number of carbonyl (C=O) groups is 2. The van der Waals surface area contributed by atoms with E-state index in [0.717, 1.165) is 30.4 Å². The minimum absolute atomic E-state index is 0.00644. The molecule has 0 aliphatic carbocycles. The van der Waals surface area contributed by atoms with Gasteiger partial charge >= 0.3 is 0 Å². The van der Waals surface area contributed by atoms with Crippen molar-refractivity contribution in [3.63, 3.8) is 0 Å². The number of piperidine rings is 1. The lowest BCUT2D eigenvalue weighted by Gasteiger charge is -2.39. The highest BCUT2D eigenvalue weighted by Crippen LogP contribution is 2.34. The highest BCUT2D eigenvalue weighted by molar-refractivity contribution is 5.82. The average molecular weight is 342 g/mol. The molecule has 2 aliphatic rings. The Hall–Kier alpha value is -2.14. The molecule has 1 fully saturated rings. The first-order chi connectivity index (χ1) is 12.0. The summed E-state index contributed by atoms with van der Waals surface area (Å²) in [7, 11) is 0. The van der Waals surface area contributed by atoms with Gasteiger partial charge in [-0.25, -0.2) is 0 Å². The number of nitrogens with zero attached hydrogens (tertiary/aromatic N) is 2. The molecule has 5 heteroatoms. The maximum absolute atomic E-state index is 13.0. The first-order valence-electron chi connectivity index (χ1n) is 9.02. The van der Waals surface area contributed by atoms with E-state index >= 15 is 0 Å². The van der Waals surface area contributed by atoms with E-state index in [2.05, 4.69) is 0 Å². The van der Waals surface area contributed by atoms with Crippen molar-refractivity contribution in [2.45, 2.75) is 57.7 Å². The van der Waals surface area contributed by atoms with Crippen LogP contribution in [0.1, 0.15) is 56.7 Å². The number of benzene rings is 1. The Bertz CT molecular complexity index is 683. The molecule has 134 valence electrons. The minimum atomic E-state index is -0.535. The second-order valence-electron chi connectivity index (χ2n) is 6.98. The SMILES string of the molecule is CC(=O)N1C=Cc2ccccc2C1CC(=O)N1CCCCC1C(C)O. The van der Waals surface area contributed by atoms with Gasteiger partial charge in [-0.15, -0.1) is 0 Å². The van der Waals surface area contributed by atoms with E-state index in [9.17, 15) is 14.7 Å². The molecule has 1 aromatic rings. The fourth-order valence-corrected chi connectivity index (χ4v) is 3.96. The van der Waals surface area contributed by atoms with Gasteiger partial charge in [-0.05, 0) is 43.4 Å². The molecule has 3 unspecified atom stereocenters. The number of rotatable bonds is 3. The van der Waals surface area contributed by atoms with Gasteiger partial charge < -0.3 is 14.9 Å². The van der Waals surface area contributed by atoms with Crippen LogP contribution in [0.25, 0.3) is 6.08 Å². The summed E-state index contributed by atoms with van der Waals surface area (Å²) in [6.45, 7) is 3.95. The Kier molecular flexibility index (Phi) is 5.23. The highest BCUT2D eigenvalue weighted by Gasteiger charge is 2.34. The zero-order chi connectivity index (χ0) is 18.0. The predicted octanol–water partition coefficient (Wildman–Crippen LogP) is 2.71. The van der Waals surface area contributed by atoms with Gasteiger partial charge in [0.2, 0.25) is 11.8 Å². The number of aliphatic hydroxyl groups is 1. The number of fused-ring (bicyclic) bond motifs is 1. The van der Waals surface area contributed by atoms with Crippen molar-refractivity contribution in [2.75, 3.05) is 6.54 Å². The molecule has 1 aromatic carbocycles. The molecule has 5 nitrogen and oxygen atoms in total. The van der Waals surface area contributed by atoms with Crippen LogP contribution in [0.2, 0.25) is 0 Å². The molecule has 25 heavy (non-hydrogen) atoms. The number of aliphatic hydroxyl groups excluding tert-OH is 1. The highest BCUT2D eigenvalue weighted by atomic mass is 16.3. The average Bonchev–Trinajstić information content (AvgIpc) is 2.61. The number of hydrogen-bond acceptors (Lipinski definition) is 3. The van der Waals surface area contributed by atoms with Crippen molar-refractivity contribution in [3.8, 4) is 0 Å². The first kappa shape index (κ1) is 17.7. The van der Waals surface area contributed by atoms with Crippen LogP contribution in [0.15, 0.2) is 30.5 Å². The summed E-state index contributed by atoms with van der Waals surface area (Å²) >= 11 is 0. The molecule has 0 aromatic heterocycles. The van der Waals surface area contributed by atoms with Gasteiger partial charge in [0.25, 0.3) is 0 Å². The number of amides is 2. The van der Waals surface area contributed by atoms with Gasteiger partial charge in [-0.3, -0.25) is 9.59 Å². The molecule has 1 N–H and O–H groups in total. The largest absolute Gasteiger partial charge is 0.391 e. The van der Waals surface area contributed by atoms with Gasteiger partial charge in [-0.2, -0.15) is 0 Å². The Labute approximate surface area is 148 Å². The van der Waals surface area contributed by atoms with Crippen molar-refractivity contribution in [1.82, 2.24) is 9.80 Å². The lowest BCUT2D eigenvalue weighted by Crippen LogP contribution is -2.49. The monoisotopic (exact) mass is 342 g/mol. The van der Waals surface area contributed by atoms with Crippen molar-refractivity contribution in [3.05, 3.63) is 41.6 Å². The summed E-state index contributed by atoms with van der Waals surface area (Å²) in [4.78, 5) is 28.5. The smallest absolute Gasteiger partial charge is 0.225 e. The van der Waals surface area contributed by atoms with Crippen LogP contribution in [0.5, 0.6) is 0 Å². The molecule has 3 atom stereocenters. The zero-order valence-corrected chi connectivity index (χ0v) is 14.9. The standard InChI is InChI=1S/C20H26N2O3/c1-14(23)18-9-5-6-11-22(18)20(25)13-19-17-8-4-3-7-16(17)10-12-21(19)15(2)24/h3-4,7-8,10,12,14,18-19,23H,5-6,9,11,13H2,1-2H3. The summed E-state index contributed by atoms with van der Waals surface area (Å²) in [5.74, 6) is -0.0683. The number of carbonyl (C=O) groups excluding carboxylic acids is 2. The summed E-state index contributed by atoms with van der Waals surface area (Å²) in [5, 5.41) is 10.0. The Balaban J connectivity index is 1.85. The lowest BCUT2D eigenvalue weighted by molar-refractivity contribution is -0.140. The van der Waals surface area contributed by atoms with Crippen LogP contribution in [-0.2, 0) is 9.59 Å². The topological polar surface area (TPSA) is 60.9 Å². The third kappa shape index (κ3) is 3.61. The number of hydrogen-bond donors (Lipinski definition) is 1. The van der Waals surface area contributed by atoms with E-state index in [1.807, 2.05) is 35.2 Å². The first-order valence-corrected chi connectivity index (χ1v) is 9.02. The van der Waals surface area contributed by atoms with Gasteiger partial charge in [0, 0.05) is 19.7 Å². The third-order valence-corrected chi connectivity index (χ3v) is 5.26. The molecule has 3 rings (SSSR count). The molecule has 2 amide bonds. The minimum Gasteiger partial charge on any atom is -0.391 e. The molecule has 0 spiro atoms. The van der Waals surface area contributed by atoms with Crippen LogP contribution in [-0.4, -0.2) is 45.4 Å². The van der Waals surface area contributed by atoms with Crippen LogP contribution in [0.3, 0.4) is 0 Å². The molecular formula is C20H26N2O3. The van der Waals surface area contributed by atoms with E-state index in [0.29, 0.717) is 6.54 Å². The Morgan fingerprint density at radius 2 is 2.04 bits per heavy atom. The van der Waals surface area contributed by atoms with Crippen LogP contribution in [0, 0.1) is 0 Å². The summed E-state index contributed by atoms with van der Waals surface area (Å²) in [5.41, 5.74) is 2.04. The molecule has 1 saturated heterocycles. The fourth-order valence-electron chi connectivity index (χ4n) is 3.96. The molecule has 2 aliphatic heterocycles. The summed E-state index contributed by atoms with van der Waals surface area (Å²) in [6.07, 6.45) is 6.22. The van der Waals surface area contributed by atoms with Gasteiger partial charge in [0.1, 0.15) is 0 Å². The third-order valence-electron chi connectivity index (χ3n) is 5.26. The summed E-state index contributed by atoms with van der Waals surface area (Å²) < 4.78 is 0. The summed E-state index contributed by atoms with van der Waals surface area (Å²) in [6, 6.07) is 7.46. The molecular weight excluding hydrogens is 316 g/mol. The predicted molar refractivity (Wildman–Crippen MR) is 96.4 cm³/mol. The van der Waals surface area contributed by atoms with Crippen molar-refractivity contribution >= 4 is 17.9 Å². The van der Waals surface area contributed by atoms with Crippen LogP contribution < -0.4 is 0 Å². The van der Waals surface area contributed by atoms with E-state index in [1.165, 1.54) is 6.92 Å². The fraction of sp³-hybridized carbons (Fsp3) is 0.500. The van der Waals surface area contributed by atoms with E-state index < -0.39 is 6.10 Å². The molecule has 0 saturated carbocycles. The molecule has 0 radical (unpaired) electrons. The Morgan fingerprint density at radius 3 is 2.76 bits per heavy atom. The maximum atomic E-state index is 13.0.